The second-order valence-corrected chi connectivity index (χ2v) is 10.3. The first-order valence-electron chi connectivity index (χ1n) is 6.64. The summed E-state index contributed by atoms with van der Waals surface area (Å²) in [6.07, 6.45) is 2.39. The van der Waals surface area contributed by atoms with Crippen molar-refractivity contribution in [3.05, 3.63) is 51.6 Å². The molecule has 0 fully saturated rings. The van der Waals surface area contributed by atoms with Crippen molar-refractivity contribution in [3.63, 3.8) is 0 Å². The fourth-order valence-corrected chi connectivity index (χ4v) is 3.82. The molecule has 0 aliphatic rings. The molecule has 1 aromatic heterocycles. The van der Waals surface area contributed by atoms with Crippen molar-refractivity contribution in [1.82, 2.24) is 9.97 Å². The molecule has 0 amide bonds. The number of esters is 1. The van der Waals surface area contributed by atoms with E-state index >= 15 is 0 Å². The summed E-state index contributed by atoms with van der Waals surface area (Å²) in [4.78, 5) is 24.2. The van der Waals surface area contributed by atoms with Gasteiger partial charge in [0.05, 0.1) is 0 Å². The standard InChI is InChI=1S/C16H19IN2O3/c1-11(20)22-16(15-14(21-4)9-18-10-19-15)12-5-7-13(8-6-12)17(2)3/h5-10,16H,1-4H3. The maximum atomic E-state index is 11.5. The Kier molecular flexibility index (Phi) is 5.70. The summed E-state index contributed by atoms with van der Waals surface area (Å²) in [5.41, 5.74) is 1.41. The van der Waals surface area contributed by atoms with Crippen LogP contribution in [0.3, 0.4) is 0 Å². The SMILES string of the molecule is COc1cncnc1C(OC(C)=O)c1ccc(I(C)C)cc1. The fraction of sp³-hybridized carbons (Fsp3) is 0.312. The van der Waals surface area contributed by atoms with E-state index in [4.69, 9.17) is 9.47 Å². The normalized spacial score (nSPS) is 12.5. The number of hydrogen-bond acceptors (Lipinski definition) is 5. The Morgan fingerprint density at radius 2 is 1.91 bits per heavy atom. The third-order valence-corrected chi connectivity index (χ3v) is 6.28. The van der Waals surface area contributed by atoms with Gasteiger partial charge in [0.2, 0.25) is 0 Å². The number of hydrogen-bond donors (Lipinski definition) is 0. The van der Waals surface area contributed by atoms with Crippen molar-refractivity contribution in [2.24, 2.45) is 0 Å². The molecule has 1 unspecified atom stereocenters. The summed E-state index contributed by atoms with van der Waals surface area (Å²) >= 11 is -1.02. The van der Waals surface area contributed by atoms with Crippen molar-refractivity contribution in [2.75, 3.05) is 17.0 Å². The van der Waals surface area contributed by atoms with Crippen molar-refractivity contribution < 1.29 is 14.3 Å². The number of ether oxygens (including phenoxy) is 2. The average molecular weight is 414 g/mol. The predicted octanol–water partition coefficient (Wildman–Crippen LogP) is 3.07. The van der Waals surface area contributed by atoms with Gasteiger partial charge in [0, 0.05) is 0 Å². The van der Waals surface area contributed by atoms with E-state index in [1.165, 1.54) is 16.8 Å². The summed E-state index contributed by atoms with van der Waals surface area (Å²) in [5.74, 6) is 0.131. The van der Waals surface area contributed by atoms with Crippen molar-refractivity contribution >= 4 is 25.8 Å². The zero-order chi connectivity index (χ0) is 16.1. The molecule has 0 bridgehead atoms. The van der Waals surface area contributed by atoms with Crippen LogP contribution >= 0.6 is 19.8 Å². The number of halogens is 1. The molecule has 0 radical (unpaired) electrons. The Balaban J connectivity index is 2.43. The van der Waals surface area contributed by atoms with Gasteiger partial charge in [0.15, 0.2) is 0 Å². The number of alkyl halides is 2. The van der Waals surface area contributed by atoms with Gasteiger partial charge in [-0.25, -0.2) is 0 Å². The molecule has 2 aromatic rings. The molecule has 6 heteroatoms. The topological polar surface area (TPSA) is 61.3 Å². The number of benzene rings is 1. The van der Waals surface area contributed by atoms with Crippen LogP contribution in [0.2, 0.25) is 0 Å². The van der Waals surface area contributed by atoms with Crippen LogP contribution in [0.1, 0.15) is 24.3 Å². The first kappa shape index (κ1) is 16.7. The van der Waals surface area contributed by atoms with E-state index in [2.05, 4.69) is 32.0 Å². The van der Waals surface area contributed by atoms with E-state index in [0.717, 1.165) is 5.56 Å². The summed E-state index contributed by atoms with van der Waals surface area (Å²) in [5, 5.41) is 0. The Bertz CT molecular complexity index is 644. The molecular formula is C16H19IN2O3. The van der Waals surface area contributed by atoms with Crippen LogP contribution in [0.25, 0.3) is 0 Å². The number of carbonyl (C=O) groups excluding carboxylic acids is 1. The van der Waals surface area contributed by atoms with E-state index in [1.54, 1.807) is 13.3 Å². The monoisotopic (exact) mass is 414 g/mol. The average Bonchev–Trinajstić information content (AvgIpc) is 2.52. The zero-order valence-corrected chi connectivity index (χ0v) is 15.2. The van der Waals surface area contributed by atoms with Crippen LogP contribution in [0.5, 0.6) is 5.75 Å². The van der Waals surface area contributed by atoms with Crippen LogP contribution in [0.15, 0.2) is 36.8 Å². The number of aromatic nitrogens is 2. The molecule has 1 atom stereocenters. The molecule has 1 aromatic carbocycles. The van der Waals surface area contributed by atoms with Crippen LogP contribution in [-0.4, -0.2) is 32.9 Å². The Morgan fingerprint density at radius 1 is 1.23 bits per heavy atom. The quantitative estimate of drug-likeness (QED) is 0.428. The minimum absolute atomic E-state index is 0.367. The van der Waals surface area contributed by atoms with Gasteiger partial charge < -0.3 is 0 Å². The van der Waals surface area contributed by atoms with Crippen LogP contribution in [0, 0.1) is 3.57 Å². The molecule has 1 heterocycles. The van der Waals surface area contributed by atoms with Gasteiger partial charge in [0.25, 0.3) is 0 Å². The molecule has 0 saturated heterocycles. The van der Waals surface area contributed by atoms with E-state index < -0.39 is 25.9 Å². The van der Waals surface area contributed by atoms with E-state index in [9.17, 15) is 4.79 Å². The van der Waals surface area contributed by atoms with Crippen molar-refractivity contribution in [2.45, 2.75) is 13.0 Å². The zero-order valence-electron chi connectivity index (χ0n) is 13.0. The molecule has 0 aliphatic carbocycles. The molecule has 0 saturated carbocycles. The number of carbonyl (C=O) groups is 1. The third-order valence-electron chi connectivity index (χ3n) is 3.07. The Hall–Kier alpha value is -1.70. The van der Waals surface area contributed by atoms with E-state index in [-0.39, 0.29) is 5.97 Å². The summed E-state index contributed by atoms with van der Waals surface area (Å²) in [6, 6.07) is 8.18. The van der Waals surface area contributed by atoms with Gasteiger partial charge in [0.1, 0.15) is 0 Å². The summed E-state index contributed by atoms with van der Waals surface area (Å²) in [7, 11) is 1.54. The number of rotatable bonds is 5. The maximum absolute atomic E-state index is 11.5. The van der Waals surface area contributed by atoms with E-state index in [1.807, 2.05) is 12.1 Å². The first-order chi connectivity index (χ1) is 10.5. The molecule has 118 valence electrons. The van der Waals surface area contributed by atoms with Crippen LogP contribution < -0.4 is 4.74 Å². The summed E-state index contributed by atoms with van der Waals surface area (Å²) < 4.78 is 12.1. The summed E-state index contributed by atoms with van der Waals surface area (Å²) in [6.45, 7) is 1.39. The van der Waals surface area contributed by atoms with Crippen molar-refractivity contribution in [1.29, 1.82) is 0 Å². The minimum atomic E-state index is -1.02. The molecule has 2 rings (SSSR count). The van der Waals surface area contributed by atoms with Gasteiger partial charge in [-0.05, 0) is 0 Å². The molecule has 0 spiro atoms. The molecule has 0 N–H and O–H groups in total. The van der Waals surface area contributed by atoms with Crippen LogP contribution in [-0.2, 0) is 9.53 Å². The van der Waals surface area contributed by atoms with Crippen LogP contribution in [0.4, 0.5) is 0 Å². The van der Waals surface area contributed by atoms with Gasteiger partial charge >= 0.3 is 137 Å². The number of methoxy groups -OCH3 is 1. The van der Waals surface area contributed by atoms with Crippen molar-refractivity contribution in [3.8, 4) is 5.75 Å². The number of nitrogens with zero attached hydrogens (tertiary/aromatic N) is 2. The Morgan fingerprint density at radius 3 is 2.45 bits per heavy atom. The second-order valence-electron chi connectivity index (χ2n) is 4.77. The van der Waals surface area contributed by atoms with E-state index in [0.29, 0.717) is 11.4 Å². The molecular weight excluding hydrogens is 395 g/mol. The van der Waals surface area contributed by atoms with Gasteiger partial charge in [-0.2, -0.15) is 0 Å². The Labute approximate surface area is 137 Å². The predicted molar refractivity (Wildman–Crippen MR) is 93.2 cm³/mol. The molecule has 5 nitrogen and oxygen atoms in total. The third kappa shape index (κ3) is 3.94. The van der Waals surface area contributed by atoms with Gasteiger partial charge in [-0.15, -0.1) is 0 Å². The molecule has 22 heavy (non-hydrogen) atoms. The van der Waals surface area contributed by atoms with Gasteiger partial charge in [-0.1, -0.05) is 0 Å². The molecule has 0 aliphatic heterocycles. The second kappa shape index (κ2) is 7.53. The van der Waals surface area contributed by atoms with Gasteiger partial charge in [-0.3, -0.25) is 0 Å². The first-order valence-corrected chi connectivity index (χ1v) is 12.0. The fourth-order valence-electron chi connectivity index (χ4n) is 2.02.